The Morgan fingerprint density at radius 2 is 2.00 bits per heavy atom. The Balaban J connectivity index is 1.58. The van der Waals surface area contributed by atoms with Gasteiger partial charge in [0.25, 0.3) is 0 Å². The van der Waals surface area contributed by atoms with E-state index in [1.807, 2.05) is 0 Å². The van der Waals surface area contributed by atoms with Gasteiger partial charge >= 0.3 is 11.9 Å². The Labute approximate surface area is 135 Å². The van der Waals surface area contributed by atoms with Crippen LogP contribution in [0.25, 0.3) is 0 Å². The van der Waals surface area contributed by atoms with Crippen molar-refractivity contribution in [2.75, 3.05) is 0 Å². The van der Waals surface area contributed by atoms with Crippen LogP contribution in [0.3, 0.4) is 0 Å². The third kappa shape index (κ3) is 2.17. The molecule has 23 heavy (non-hydrogen) atoms. The van der Waals surface area contributed by atoms with Crippen LogP contribution in [-0.4, -0.2) is 33.6 Å². The summed E-state index contributed by atoms with van der Waals surface area (Å²) in [4.78, 5) is 24.4. The van der Waals surface area contributed by atoms with Crippen molar-refractivity contribution < 1.29 is 29.9 Å². The van der Waals surface area contributed by atoms with E-state index in [1.165, 1.54) is 23.9 Å². The fourth-order valence-electron chi connectivity index (χ4n) is 4.32. The van der Waals surface area contributed by atoms with Gasteiger partial charge in [-0.3, -0.25) is 9.59 Å². The average molecular weight is 337 g/mol. The van der Waals surface area contributed by atoms with Gasteiger partial charge in [-0.25, -0.2) is 5.21 Å². The number of carboxylic acid groups (broad SMARTS) is 1. The summed E-state index contributed by atoms with van der Waals surface area (Å²) in [5.41, 5.74) is 0.207. The van der Waals surface area contributed by atoms with Crippen LogP contribution in [0.1, 0.15) is 6.42 Å². The summed E-state index contributed by atoms with van der Waals surface area (Å²) in [6, 6.07) is 6.47. The molecule has 1 unspecified atom stereocenters. The van der Waals surface area contributed by atoms with Crippen molar-refractivity contribution in [1.82, 2.24) is 0 Å². The van der Waals surface area contributed by atoms with Gasteiger partial charge in [0.15, 0.2) is 5.69 Å². The second-order valence-electron chi connectivity index (χ2n) is 6.27. The van der Waals surface area contributed by atoms with E-state index in [0.717, 1.165) is 4.90 Å². The molecule has 1 aliphatic heterocycles. The van der Waals surface area contributed by atoms with E-state index in [1.54, 1.807) is 12.1 Å². The van der Waals surface area contributed by atoms with Crippen LogP contribution in [0, 0.1) is 28.9 Å². The smallest absolute Gasteiger partial charge is 0.310 e. The number of rotatable bonds is 4. The molecule has 2 bridgehead atoms. The number of hydrogen-bond acceptors (Lipinski definition) is 6. The predicted octanol–water partition coefficient (Wildman–Crippen LogP) is 0.443. The van der Waals surface area contributed by atoms with Gasteiger partial charge in [-0.05, 0) is 24.5 Å². The van der Waals surface area contributed by atoms with Crippen molar-refractivity contribution in [3.63, 3.8) is 0 Å². The van der Waals surface area contributed by atoms with E-state index in [0.29, 0.717) is 6.42 Å². The van der Waals surface area contributed by atoms with Gasteiger partial charge in [0.2, 0.25) is 0 Å². The standard InChI is InChI=1S/C15H15NO6S/c17-14(18)10-9-5-8-11(10)15(19)22-12(8)13(9)23-7-3-1-6(2-4-7)16(20)21/h1-4,8-13,16,20H,5H2,(H,17,18)/t8-,9+,10+,11+,12+,13-/m0/s1. The summed E-state index contributed by atoms with van der Waals surface area (Å²) in [5, 5.41) is 28.2. The SMILES string of the molecule is O=C1O[C@@H]2[C@H]3C[C@@H]([C@@H]2Sc2ccc([NH+]([O-])O)cc2)[C@@H](C(=O)O)[C@H]13. The zero-order valence-corrected chi connectivity index (χ0v) is 12.7. The van der Waals surface area contributed by atoms with Gasteiger partial charge in [-0.2, -0.15) is 5.23 Å². The number of nitrogens with one attached hydrogen (secondary N) is 1. The molecular formula is C15H15NO6S. The Hall–Kier alpha value is -1.61. The lowest BCUT2D eigenvalue weighted by Crippen LogP contribution is -2.99. The number of carbonyl (C=O) groups excluding carboxylic acids is 1. The highest BCUT2D eigenvalue weighted by Crippen LogP contribution is 2.61. The zero-order valence-electron chi connectivity index (χ0n) is 11.9. The molecule has 2 saturated carbocycles. The first-order chi connectivity index (χ1) is 11.0. The summed E-state index contributed by atoms with van der Waals surface area (Å²) < 4.78 is 5.45. The first-order valence-electron chi connectivity index (χ1n) is 7.40. The average Bonchev–Trinajstić information content (AvgIpc) is 3.11. The van der Waals surface area contributed by atoms with Crippen LogP contribution in [0.15, 0.2) is 29.2 Å². The molecule has 3 N–H and O–H groups in total. The van der Waals surface area contributed by atoms with Gasteiger partial charge in [0.1, 0.15) is 6.10 Å². The van der Waals surface area contributed by atoms with Crippen molar-refractivity contribution >= 4 is 29.4 Å². The number of hydrogen-bond donors (Lipinski definition) is 3. The van der Waals surface area contributed by atoms with E-state index < -0.39 is 23.0 Å². The third-order valence-electron chi connectivity index (χ3n) is 5.20. The van der Waals surface area contributed by atoms with Crippen molar-refractivity contribution in [3.05, 3.63) is 29.5 Å². The van der Waals surface area contributed by atoms with Crippen LogP contribution >= 0.6 is 11.8 Å². The lowest BCUT2D eigenvalue weighted by molar-refractivity contribution is -0.991. The van der Waals surface area contributed by atoms with Crippen LogP contribution in [0.2, 0.25) is 0 Å². The molecule has 7 atom stereocenters. The van der Waals surface area contributed by atoms with Crippen molar-refractivity contribution in [1.29, 1.82) is 0 Å². The quantitative estimate of drug-likeness (QED) is 0.540. The third-order valence-corrected chi connectivity index (χ3v) is 6.64. The van der Waals surface area contributed by atoms with E-state index in [9.17, 15) is 19.9 Å². The van der Waals surface area contributed by atoms with Crippen LogP contribution in [-0.2, 0) is 14.3 Å². The number of carbonyl (C=O) groups is 2. The number of esters is 1. The second kappa shape index (κ2) is 5.20. The summed E-state index contributed by atoms with van der Waals surface area (Å²) in [5.74, 6) is -2.53. The van der Waals surface area contributed by atoms with Gasteiger partial charge in [0, 0.05) is 22.9 Å². The Morgan fingerprint density at radius 3 is 2.61 bits per heavy atom. The Morgan fingerprint density at radius 1 is 1.30 bits per heavy atom. The van der Waals surface area contributed by atoms with Gasteiger partial charge in [0.05, 0.1) is 17.1 Å². The molecule has 1 heterocycles. The molecule has 0 spiro atoms. The van der Waals surface area contributed by atoms with E-state index in [-0.39, 0.29) is 34.8 Å². The van der Waals surface area contributed by atoms with E-state index >= 15 is 0 Å². The van der Waals surface area contributed by atoms with Gasteiger partial charge in [-0.1, -0.05) is 0 Å². The molecule has 2 aliphatic carbocycles. The highest BCUT2D eigenvalue weighted by Gasteiger charge is 2.68. The fraction of sp³-hybridized carbons (Fsp3) is 0.467. The molecule has 1 aromatic rings. The summed E-state index contributed by atoms with van der Waals surface area (Å²) in [7, 11) is 0. The maximum absolute atomic E-state index is 12.0. The minimum Gasteiger partial charge on any atom is -0.595 e. The summed E-state index contributed by atoms with van der Waals surface area (Å²) in [6.07, 6.45) is 0.486. The molecule has 4 rings (SSSR count). The molecule has 122 valence electrons. The Kier molecular flexibility index (Phi) is 3.38. The minimum absolute atomic E-state index is 0.00407. The first kappa shape index (κ1) is 14.9. The lowest BCUT2D eigenvalue weighted by Gasteiger charge is -2.29. The number of thioether (sulfide) groups is 1. The number of fused-ring (bicyclic) bond motifs is 1. The molecule has 1 aromatic carbocycles. The Bertz CT molecular complexity index is 662. The van der Waals surface area contributed by atoms with Crippen molar-refractivity contribution in [2.45, 2.75) is 22.7 Å². The van der Waals surface area contributed by atoms with E-state index in [2.05, 4.69) is 0 Å². The molecule has 0 aromatic heterocycles. The predicted molar refractivity (Wildman–Crippen MR) is 78.0 cm³/mol. The van der Waals surface area contributed by atoms with Crippen LogP contribution in [0.5, 0.6) is 0 Å². The summed E-state index contributed by atoms with van der Waals surface area (Å²) >= 11 is 1.48. The molecule has 7 nitrogen and oxygen atoms in total. The highest BCUT2D eigenvalue weighted by molar-refractivity contribution is 8.00. The number of quaternary nitrogens is 1. The topological polar surface area (TPSA) is 111 Å². The van der Waals surface area contributed by atoms with Crippen LogP contribution < -0.4 is 5.23 Å². The van der Waals surface area contributed by atoms with Crippen molar-refractivity contribution in [3.8, 4) is 0 Å². The monoisotopic (exact) mass is 337 g/mol. The van der Waals surface area contributed by atoms with Gasteiger partial charge < -0.3 is 15.1 Å². The maximum Gasteiger partial charge on any atom is 0.310 e. The molecule has 8 heteroatoms. The fourth-order valence-corrected chi connectivity index (χ4v) is 5.77. The number of aliphatic carboxylic acids is 1. The zero-order chi connectivity index (χ0) is 16.3. The molecule has 0 radical (unpaired) electrons. The normalized spacial score (nSPS) is 38.6. The molecule has 0 amide bonds. The number of carboxylic acids is 1. The highest BCUT2D eigenvalue weighted by atomic mass is 32.2. The first-order valence-corrected chi connectivity index (χ1v) is 8.28. The maximum atomic E-state index is 12.0. The molecule has 3 fully saturated rings. The number of ether oxygens (including phenoxy) is 1. The lowest BCUT2D eigenvalue weighted by atomic mass is 9.80. The van der Waals surface area contributed by atoms with Crippen LogP contribution in [0.4, 0.5) is 5.69 Å². The summed E-state index contributed by atoms with van der Waals surface area (Å²) in [6.45, 7) is 0. The largest absolute Gasteiger partial charge is 0.595 e. The molecule has 3 aliphatic rings. The van der Waals surface area contributed by atoms with E-state index in [4.69, 9.17) is 9.94 Å². The minimum atomic E-state index is -0.986. The molecule has 1 saturated heterocycles. The molecular weight excluding hydrogens is 322 g/mol. The second-order valence-corrected chi connectivity index (χ2v) is 7.52. The number of benzene rings is 1. The van der Waals surface area contributed by atoms with Gasteiger partial charge in [-0.15, -0.1) is 11.8 Å². The van der Waals surface area contributed by atoms with Crippen molar-refractivity contribution in [2.24, 2.45) is 23.7 Å².